The Bertz CT molecular complexity index is 1850. The molecule has 0 radical (unpaired) electrons. The normalized spacial score (nSPS) is 31.2. The summed E-state index contributed by atoms with van der Waals surface area (Å²) in [6.07, 6.45) is 6.24. The monoisotopic (exact) mass is 725 g/mol. The van der Waals surface area contributed by atoms with E-state index in [9.17, 15) is 32.7 Å². The molecule has 6 rings (SSSR count). The molecule has 4 aliphatic rings. The number of fused-ring (bicyclic) bond motifs is 3. The van der Waals surface area contributed by atoms with Crippen LogP contribution in [-0.4, -0.2) is 88.8 Å². The molecule has 14 nitrogen and oxygen atoms in total. The van der Waals surface area contributed by atoms with Crippen LogP contribution in [0.15, 0.2) is 42.6 Å². The van der Waals surface area contributed by atoms with Crippen molar-refractivity contribution in [3.8, 4) is 11.6 Å². The van der Waals surface area contributed by atoms with Gasteiger partial charge >= 0.3 is 6.09 Å². The van der Waals surface area contributed by atoms with Crippen LogP contribution in [0.5, 0.6) is 11.6 Å². The Morgan fingerprint density at radius 2 is 1.86 bits per heavy atom. The number of nitrogens with one attached hydrogen (secondary N) is 3. The van der Waals surface area contributed by atoms with Crippen LogP contribution in [0.1, 0.15) is 72.6 Å². The Morgan fingerprint density at radius 3 is 2.55 bits per heavy atom. The number of allylic oxidation sites excluding steroid dienone is 1. The van der Waals surface area contributed by atoms with Gasteiger partial charge in [-0.25, -0.2) is 18.2 Å². The molecule has 1 aromatic heterocycles. The summed E-state index contributed by atoms with van der Waals surface area (Å²) in [6.45, 7) is 7.67. The van der Waals surface area contributed by atoms with Crippen LogP contribution in [0, 0.1) is 17.8 Å². The molecule has 1 aromatic carbocycles. The number of nitrogens with zero attached hydrogens (tertiary/aromatic N) is 2. The van der Waals surface area contributed by atoms with E-state index in [1.54, 1.807) is 13.1 Å². The molecule has 276 valence electrons. The molecule has 2 saturated carbocycles. The van der Waals surface area contributed by atoms with Crippen molar-refractivity contribution in [2.45, 2.75) is 101 Å². The topological polar surface area (TPSA) is 193 Å². The lowest BCUT2D eigenvalue weighted by Crippen LogP contribution is -2.59. The van der Waals surface area contributed by atoms with Crippen molar-refractivity contribution in [2.75, 3.05) is 13.2 Å². The molecule has 4 amide bonds. The molecule has 1 saturated heterocycles. The number of carbonyl (C=O) groups excluding carboxylic acids is 3. The highest BCUT2D eigenvalue weighted by molar-refractivity contribution is 7.91. The summed E-state index contributed by atoms with van der Waals surface area (Å²) in [4.78, 5) is 60.2. The van der Waals surface area contributed by atoms with Crippen molar-refractivity contribution in [3.63, 3.8) is 0 Å². The number of pyridine rings is 1. The summed E-state index contributed by atoms with van der Waals surface area (Å²) < 4.78 is 39.5. The van der Waals surface area contributed by atoms with Crippen LogP contribution in [-0.2, 0) is 24.4 Å². The molecule has 2 aromatic rings. The van der Waals surface area contributed by atoms with Crippen LogP contribution in [0.25, 0.3) is 10.8 Å². The van der Waals surface area contributed by atoms with Gasteiger partial charge in [-0.3, -0.25) is 19.1 Å². The first-order valence-corrected chi connectivity index (χ1v) is 19.2. The van der Waals surface area contributed by atoms with Gasteiger partial charge in [0, 0.05) is 23.1 Å². The number of sulfonamides is 1. The van der Waals surface area contributed by atoms with Gasteiger partial charge in [0.1, 0.15) is 29.5 Å². The Hall–Kier alpha value is -4.40. The van der Waals surface area contributed by atoms with Crippen LogP contribution in [0.3, 0.4) is 0 Å². The molecule has 7 atom stereocenters. The van der Waals surface area contributed by atoms with Gasteiger partial charge in [-0.05, 0) is 70.3 Å². The number of benzene rings is 1. The Balaban J connectivity index is 1.34. The van der Waals surface area contributed by atoms with Crippen LogP contribution in [0.4, 0.5) is 4.79 Å². The molecule has 2 aliphatic heterocycles. The number of aromatic nitrogens is 1. The van der Waals surface area contributed by atoms with Crippen LogP contribution >= 0.6 is 0 Å². The lowest BCUT2D eigenvalue weighted by molar-refractivity contribution is -0.142. The molecular formula is C36H47N5O9S. The number of carboxylic acid groups (broad SMARTS) is 1. The third kappa shape index (κ3) is 7.35. The molecule has 0 unspecified atom stereocenters. The fraction of sp³-hybridized carbons (Fsp3) is 0.583. The number of ether oxygens (including phenoxy) is 2. The maximum absolute atomic E-state index is 14.4. The van der Waals surface area contributed by atoms with Crippen molar-refractivity contribution in [1.82, 2.24) is 25.2 Å². The first kappa shape index (κ1) is 36.4. The predicted molar refractivity (Wildman–Crippen MR) is 187 cm³/mol. The maximum Gasteiger partial charge on any atom is 0.405 e. The van der Waals surface area contributed by atoms with Crippen molar-refractivity contribution in [1.29, 1.82) is 0 Å². The second-order valence-electron chi connectivity index (χ2n) is 14.8. The van der Waals surface area contributed by atoms with Gasteiger partial charge in [-0.2, -0.15) is 0 Å². The Kier molecular flexibility index (Phi) is 9.96. The summed E-state index contributed by atoms with van der Waals surface area (Å²) in [5, 5.41) is 16.5. The lowest BCUT2D eigenvalue weighted by atomic mass is 9.88. The minimum Gasteiger partial charge on any atom is -0.492 e. The fourth-order valence-electron chi connectivity index (χ4n) is 7.39. The molecular weight excluding hydrogens is 678 g/mol. The molecule has 0 spiro atoms. The summed E-state index contributed by atoms with van der Waals surface area (Å²) in [7, 11) is -4.00. The molecule has 2 aliphatic carbocycles. The highest BCUT2D eigenvalue weighted by Gasteiger charge is 2.63. The number of amides is 4. The van der Waals surface area contributed by atoms with E-state index in [1.165, 1.54) is 4.90 Å². The molecule has 51 heavy (non-hydrogen) atoms. The van der Waals surface area contributed by atoms with Gasteiger partial charge in [-0.15, -0.1) is 0 Å². The van der Waals surface area contributed by atoms with Gasteiger partial charge in [0.15, 0.2) is 0 Å². The number of hydrogen-bond donors (Lipinski definition) is 4. The van der Waals surface area contributed by atoms with Gasteiger partial charge in [0.25, 0.3) is 5.91 Å². The lowest BCUT2D eigenvalue weighted by Gasteiger charge is -2.32. The maximum atomic E-state index is 14.4. The number of rotatable bonds is 8. The van der Waals surface area contributed by atoms with Crippen LogP contribution in [0.2, 0.25) is 0 Å². The van der Waals surface area contributed by atoms with E-state index in [1.807, 2.05) is 57.2 Å². The number of hydrogen-bond acceptors (Lipinski definition) is 9. The van der Waals surface area contributed by atoms with E-state index in [4.69, 9.17) is 9.47 Å². The first-order valence-electron chi connectivity index (χ1n) is 17.7. The second kappa shape index (κ2) is 14.0. The summed E-state index contributed by atoms with van der Waals surface area (Å²) in [6, 6.07) is 5.10. The van der Waals surface area contributed by atoms with Gasteiger partial charge in [0.2, 0.25) is 27.7 Å². The first-order chi connectivity index (χ1) is 24.2. The van der Waals surface area contributed by atoms with Gasteiger partial charge in [0.05, 0.1) is 24.1 Å². The SMILES string of the molecule is CCOc1cnc(O[C@@H]2C[C@H]3C(=O)N[C@]4(C(=O)NS(=O)(=O)C5(C)CC5)C[C@H]4/C=C\CC[C@@H](C)C[C@@H](C)[C@H](NC(=O)O)C(=O)N3C2)c2ccccc12. The molecule has 15 heteroatoms. The van der Waals surface area contributed by atoms with Crippen molar-refractivity contribution >= 4 is 44.6 Å². The molecule has 0 bridgehead atoms. The summed E-state index contributed by atoms with van der Waals surface area (Å²) in [5.41, 5.74) is -1.54. The summed E-state index contributed by atoms with van der Waals surface area (Å²) >= 11 is 0. The zero-order valence-corrected chi connectivity index (χ0v) is 30.2. The Morgan fingerprint density at radius 1 is 1.14 bits per heavy atom. The van der Waals surface area contributed by atoms with E-state index in [0.29, 0.717) is 43.4 Å². The van der Waals surface area contributed by atoms with E-state index in [0.717, 1.165) is 11.8 Å². The highest BCUT2D eigenvalue weighted by atomic mass is 32.2. The average Bonchev–Trinajstić information content (AvgIpc) is 3.96. The minimum absolute atomic E-state index is 0.0138. The van der Waals surface area contributed by atoms with Gasteiger partial charge in [-0.1, -0.05) is 44.2 Å². The quantitative estimate of drug-likeness (QED) is 0.293. The predicted octanol–water partition coefficient (Wildman–Crippen LogP) is 3.50. The van der Waals surface area contributed by atoms with E-state index in [-0.39, 0.29) is 31.2 Å². The zero-order chi connectivity index (χ0) is 36.7. The smallest absolute Gasteiger partial charge is 0.405 e. The summed E-state index contributed by atoms with van der Waals surface area (Å²) in [5.74, 6) is -1.95. The van der Waals surface area contributed by atoms with Gasteiger partial charge < -0.3 is 30.1 Å². The molecule has 3 fully saturated rings. The third-order valence-corrected chi connectivity index (χ3v) is 13.0. The second-order valence-corrected chi connectivity index (χ2v) is 17.0. The van der Waals surface area contributed by atoms with E-state index < -0.39 is 74.1 Å². The largest absolute Gasteiger partial charge is 0.492 e. The van der Waals surface area contributed by atoms with E-state index in [2.05, 4.69) is 20.3 Å². The van der Waals surface area contributed by atoms with Crippen LogP contribution < -0.4 is 24.8 Å². The third-order valence-electron chi connectivity index (χ3n) is 10.8. The average molecular weight is 726 g/mol. The number of carbonyl (C=O) groups is 4. The Labute approximate surface area is 297 Å². The van der Waals surface area contributed by atoms with Crippen molar-refractivity contribution in [2.24, 2.45) is 17.8 Å². The fourth-order valence-corrected chi connectivity index (χ4v) is 8.71. The van der Waals surface area contributed by atoms with E-state index >= 15 is 0 Å². The minimum atomic E-state index is -4.00. The van der Waals surface area contributed by atoms with Crippen molar-refractivity contribution in [3.05, 3.63) is 42.6 Å². The molecule has 3 heterocycles. The van der Waals surface area contributed by atoms with Crippen molar-refractivity contribution < 1.29 is 42.2 Å². The molecule has 4 N–H and O–H groups in total. The standard InChI is InChI=1S/C36H47N5O9S/c1-5-49-28-19-37-31(26-13-9-8-12-25(26)28)50-24-17-27-30(42)39-36(33(44)40-51(47,48)35(4)14-15-35)18-23(36)11-7-6-10-21(2)16-22(3)29(38-34(45)46)32(43)41(27)20-24/h7-9,11-13,19,21-24,27,29,38H,5-6,10,14-18,20H2,1-4H3,(H,39,42)(H,40,44)(H,45,46)/b11-7-/t21-,22-,23-,24-,27+,29+,36-/m1/s1. The highest BCUT2D eigenvalue weighted by Crippen LogP contribution is 2.47. The zero-order valence-electron chi connectivity index (χ0n) is 29.4.